The number of hydrogen-bond donors (Lipinski definition) is 2. The Morgan fingerprint density at radius 1 is 0.811 bits per heavy atom. The number of aliphatic hydroxyl groups is 1. The summed E-state index contributed by atoms with van der Waals surface area (Å²) in [6.45, 7) is 1.74. The lowest BCUT2D eigenvalue weighted by molar-refractivity contribution is -0.0425. The maximum atomic E-state index is 11.7. The molecular weight excluding hydrogens is 470 g/mol. The highest BCUT2D eigenvalue weighted by Gasteiger charge is 2.38. The van der Waals surface area contributed by atoms with Crippen LogP contribution in [0.1, 0.15) is 22.4 Å². The van der Waals surface area contributed by atoms with Crippen molar-refractivity contribution in [2.75, 3.05) is 20.8 Å². The second kappa shape index (κ2) is 11.3. The van der Waals surface area contributed by atoms with E-state index in [-0.39, 0.29) is 18.9 Å². The zero-order valence-corrected chi connectivity index (χ0v) is 21.1. The largest absolute Gasteiger partial charge is 0.503 e. The van der Waals surface area contributed by atoms with E-state index in [4.69, 9.17) is 14.2 Å². The van der Waals surface area contributed by atoms with Gasteiger partial charge in [0, 0.05) is 12.3 Å². The van der Waals surface area contributed by atoms with Gasteiger partial charge >= 0.3 is 0 Å². The van der Waals surface area contributed by atoms with Gasteiger partial charge in [0.25, 0.3) is 0 Å². The molecule has 0 radical (unpaired) electrons. The lowest BCUT2D eigenvalue weighted by Gasteiger charge is -2.37. The standard InChI is InChI=1S/C30H31NO6/c1-21-29(34)28(33)17-18-31(21)19-25(32)20-37-30(22-7-5-4-6-8-22,23-9-13-26(35-2)14-10-23)24-11-15-27(36-3)16-12-24/h4-18,25,32,34H,19-20H2,1-3H3/t25-/m0/s1. The predicted molar refractivity (Wildman–Crippen MR) is 141 cm³/mol. The number of hydrogen-bond acceptors (Lipinski definition) is 6. The van der Waals surface area contributed by atoms with E-state index in [1.54, 1.807) is 31.9 Å². The third-order valence-corrected chi connectivity index (χ3v) is 6.49. The molecule has 7 nitrogen and oxygen atoms in total. The number of aromatic hydroxyl groups is 1. The smallest absolute Gasteiger partial charge is 0.223 e. The van der Waals surface area contributed by atoms with Gasteiger partial charge in [0.15, 0.2) is 5.75 Å². The van der Waals surface area contributed by atoms with Gasteiger partial charge in [0.05, 0.1) is 39.2 Å². The molecule has 0 spiro atoms. The van der Waals surface area contributed by atoms with Crippen molar-refractivity contribution in [3.05, 3.63) is 124 Å². The predicted octanol–water partition coefficient (Wildman–Crippen LogP) is 4.25. The van der Waals surface area contributed by atoms with Crippen LogP contribution in [0, 0.1) is 6.92 Å². The zero-order chi connectivity index (χ0) is 26.4. The fourth-order valence-corrected chi connectivity index (χ4v) is 4.44. The number of aromatic nitrogens is 1. The summed E-state index contributed by atoms with van der Waals surface area (Å²) in [5, 5.41) is 21.0. The Balaban J connectivity index is 1.76. The fraction of sp³-hybridized carbons (Fsp3) is 0.233. The Kier molecular flexibility index (Phi) is 7.96. The Morgan fingerprint density at radius 3 is 1.84 bits per heavy atom. The average molecular weight is 502 g/mol. The molecule has 2 N–H and O–H groups in total. The van der Waals surface area contributed by atoms with Crippen LogP contribution in [0.15, 0.2) is 95.9 Å². The first-order valence-electron chi connectivity index (χ1n) is 11.9. The van der Waals surface area contributed by atoms with E-state index in [2.05, 4.69) is 0 Å². The molecule has 0 aliphatic carbocycles. The van der Waals surface area contributed by atoms with Gasteiger partial charge in [-0.25, -0.2) is 0 Å². The van der Waals surface area contributed by atoms with E-state index in [0.29, 0.717) is 17.2 Å². The van der Waals surface area contributed by atoms with Crippen molar-refractivity contribution in [3.63, 3.8) is 0 Å². The molecule has 0 unspecified atom stereocenters. The summed E-state index contributed by atoms with van der Waals surface area (Å²) in [5.41, 5.74) is 1.47. The van der Waals surface area contributed by atoms with Crippen LogP contribution in [0.2, 0.25) is 0 Å². The van der Waals surface area contributed by atoms with Gasteiger partial charge in [-0.3, -0.25) is 4.79 Å². The first kappa shape index (κ1) is 26.0. The van der Waals surface area contributed by atoms with Crippen LogP contribution in [0.4, 0.5) is 0 Å². The van der Waals surface area contributed by atoms with Crippen molar-refractivity contribution in [1.29, 1.82) is 0 Å². The zero-order valence-electron chi connectivity index (χ0n) is 21.1. The number of nitrogens with zero attached hydrogens (tertiary/aromatic N) is 1. The van der Waals surface area contributed by atoms with E-state index in [1.807, 2.05) is 78.9 Å². The van der Waals surface area contributed by atoms with Gasteiger partial charge in [-0.1, -0.05) is 54.6 Å². The van der Waals surface area contributed by atoms with Crippen molar-refractivity contribution in [3.8, 4) is 17.2 Å². The summed E-state index contributed by atoms with van der Waals surface area (Å²) in [6.07, 6.45) is 0.623. The monoisotopic (exact) mass is 501 g/mol. The van der Waals surface area contributed by atoms with Crippen LogP contribution < -0.4 is 14.9 Å². The molecule has 0 aliphatic heterocycles. The van der Waals surface area contributed by atoms with Crippen molar-refractivity contribution >= 4 is 0 Å². The Morgan fingerprint density at radius 2 is 1.32 bits per heavy atom. The highest BCUT2D eigenvalue weighted by molar-refractivity contribution is 5.49. The van der Waals surface area contributed by atoms with Crippen molar-refractivity contribution in [1.82, 2.24) is 4.57 Å². The van der Waals surface area contributed by atoms with Crippen LogP contribution in [-0.2, 0) is 16.9 Å². The Hall–Kier alpha value is -4.07. The molecule has 0 saturated carbocycles. The molecule has 0 bridgehead atoms. The van der Waals surface area contributed by atoms with E-state index < -0.39 is 17.1 Å². The second-order valence-corrected chi connectivity index (χ2v) is 8.74. The quantitative estimate of drug-likeness (QED) is 0.316. The number of methoxy groups -OCH3 is 2. The number of rotatable bonds is 10. The van der Waals surface area contributed by atoms with Gasteiger partial charge in [0.2, 0.25) is 5.43 Å². The van der Waals surface area contributed by atoms with Gasteiger partial charge in [-0.15, -0.1) is 0 Å². The van der Waals surface area contributed by atoms with Crippen molar-refractivity contribution < 1.29 is 24.4 Å². The van der Waals surface area contributed by atoms with Crippen LogP contribution in [0.25, 0.3) is 0 Å². The molecule has 0 aliphatic rings. The summed E-state index contributed by atoms with van der Waals surface area (Å²) >= 11 is 0. The average Bonchev–Trinajstić information content (AvgIpc) is 2.95. The summed E-state index contributed by atoms with van der Waals surface area (Å²) in [6, 6.07) is 26.4. The molecule has 1 aromatic heterocycles. The minimum atomic E-state index is -1.05. The molecule has 4 aromatic rings. The van der Waals surface area contributed by atoms with Gasteiger partial charge < -0.3 is 29.0 Å². The maximum Gasteiger partial charge on any atom is 0.223 e. The maximum absolute atomic E-state index is 11.7. The van der Waals surface area contributed by atoms with Gasteiger partial charge in [0.1, 0.15) is 17.1 Å². The molecular formula is C30H31NO6. The van der Waals surface area contributed by atoms with Gasteiger partial charge in [-0.2, -0.15) is 0 Å². The third-order valence-electron chi connectivity index (χ3n) is 6.49. The molecule has 0 saturated heterocycles. The van der Waals surface area contributed by atoms with E-state index in [1.165, 1.54) is 6.07 Å². The molecule has 0 fully saturated rings. The highest BCUT2D eigenvalue weighted by Crippen LogP contribution is 2.41. The second-order valence-electron chi connectivity index (χ2n) is 8.74. The summed E-state index contributed by atoms with van der Waals surface area (Å²) in [5.74, 6) is 1.11. The Labute approximate surface area is 216 Å². The third kappa shape index (κ3) is 5.38. The number of pyridine rings is 1. The minimum Gasteiger partial charge on any atom is -0.503 e. The number of aliphatic hydroxyl groups excluding tert-OH is 1. The van der Waals surface area contributed by atoms with E-state index >= 15 is 0 Å². The van der Waals surface area contributed by atoms with E-state index in [9.17, 15) is 15.0 Å². The molecule has 3 aromatic carbocycles. The normalized spacial score (nSPS) is 12.2. The van der Waals surface area contributed by atoms with Crippen molar-refractivity contribution in [2.24, 2.45) is 0 Å². The summed E-state index contributed by atoms with van der Waals surface area (Å²) in [4.78, 5) is 11.7. The highest BCUT2D eigenvalue weighted by atomic mass is 16.5. The molecule has 0 amide bonds. The summed E-state index contributed by atoms with van der Waals surface area (Å²) in [7, 11) is 3.24. The lowest BCUT2D eigenvalue weighted by Crippen LogP contribution is -2.36. The van der Waals surface area contributed by atoms with Crippen LogP contribution in [-0.4, -0.2) is 41.7 Å². The molecule has 7 heteroatoms. The van der Waals surface area contributed by atoms with Gasteiger partial charge in [-0.05, 0) is 47.9 Å². The molecule has 37 heavy (non-hydrogen) atoms. The lowest BCUT2D eigenvalue weighted by atomic mass is 9.80. The van der Waals surface area contributed by atoms with Crippen LogP contribution >= 0.6 is 0 Å². The Bertz CT molecular complexity index is 1320. The van der Waals surface area contributed by atoms with Crippen LogP contribution in [0.5, 0.6) is 17.2 Å². The molecule has 1 heterocycles. The first-order chi connectivity index (χ1) is 17.9. The molecule has 192 valence electrons. The minimum absolute atomic E-state index is 0.0285. The number of benzene rings is 3. The summed E-state index contributed by atoms with van der Waals surface area (Å²) < 4.78 is 19.1. The molecule has 1 atom stereocenters. The number of ether oxygens (including phenoxy) is 3. The SMILES string of the molecule is COc1ccc(C(OC[C@@H](O)Cn2ccc(=O)c(O)c2C)(c2ccccc2)c2ccc(OC)cc2)cc1. The molecule has 4 rings (SSSR count). The first-order valence-corrected chi connectivity index (χ1v) is 11.9. The van der Waals surface area contributed by atoms with E-state index in [0.717, 1.165) is 16.7 Å². The van der Waals surface area contributed by atoms with Crippen LogP contribution in [0.3, 0.4) is 0 Å². The topological polar surface area (TPSA) is 90.2 Å². The fourth-order valence-electron chi connectivity index (χ4n) is 4.44. The van der Waals surface area contributed by atoms with Crippen molar-refractivity contribution in [2.45, 2.75) is 25.2 Å².